The van der Waals surface area contributed by atoms with Crippen molar-refractivity contribution < 1.29 is 4.39 Å². The van der Waals surface area contributed by atoms with Gasteiger partial charge in [-0.05, 0) is 31.5 Å². The van der Waals surface area contributed by atoms with Crippen molar-refractivity contribution in [2.75, 3.05) is 7.05 Å². The Morgan fingerprint density at radius 2 is 2.16 bits per heavy atom. The van der Waals surface area contributed by atoms with Crippen molar-refractivity contribution in [1.82, 2.24) is 15.1 Å². The Balaban J connectivity index is 2.13. The van der Waals surface area contributed by atoms with Crippen molar-refractivity contribution in [2.24, 2.45) is 0 Å². The van der Waals surface area contributed by atoms with Gasteiger partial charge >= 0.3 is 0 Å². The lowest BCUT2D eigenvalue weighted by molar-refractivity contribution is 0.552. The monoisotopic (exact) mass is 261 g/mol. The lowest BCUT2D eigenvalue weighted by Crippen LogP contribution is -2.19. The van der Waals surface area contributed by atoms with Crippen LogP contribution in [0.1, 0.15) is 30.5 Å². The van der Waals surface area contributed by atoms with Crippen molar-refractivity contribution in [2.45, 2.75) is 32.4 Å². The first-order valence-corrected chi connectivity index (χ1v) is 6.67. The molecule has 0 aliphatic carbocycles. The molecule has 0 radical (unpaired) electrons. The lowest BCUT2D eigenvalue weighted by Gasteiger charge is -2.14. The van der Waals surface area contributed by atoms with E-state index in [0.29, 0.717) is 6.42 Å². The van der Waals surface area contributed by atoms with Crippen LogP contribution in [0.4, 0.5) is 4.39 Å². The number of rotatable bonds is 6. The van der Waals surface area contributed by atoms with E-state index >= 15 is 0 Å². The SMILES string of the molecule is CCCn1cc(C(Cc2ccccc2F)NC)cn1. The Morgan fingerprint density at radius 3 is 2.84 bits per heavy atom. The van der Waals surface area contributed by atoms with Gasteiger partial charge in [0.2, 0.25) is 0 Å². The number of hydrogen-bond donors (Lipinski definition) is 1. The van der Waals surface area contributed by atoms with Crippen LogP contribution in [0, 0.1) is 5.82 Å². The highest BCUT2D eigenvalue weighted by Crippen LogP contribution is 2.19. The molecular weight excluding hydrogens is 241 g/mol. The average Bonchev–Trinajstić information content (AvgIpc) is 2.87. The van der Waals surface area contributed by atoms with Gasteiger partial charge in [-0.2, -0.15) is 5.10 Å². The molecule has 0 fully saturated rings. The zero-order chi connectivity index (χ0) is 13.7. The Hall–Kier alpha value is -1.68. The van der Waals surface area contributed by atoms with E-state index < -0.39 is 0 Å². The molecule has 1 unspecified atom stereocenters. The highest BCUT2D eigenvalue weighted by Gasteiger charge is 2.14. The Kier molecular flexibility index (Phi) is 4.68. The maximum absolute atomic E-state index is 13.7. The van der Waals surface area contributed by atoms with Gasteiger partial charge in [0.05, 0.1) is 6.20 Å². The summed E-state index contributed by atoms with van der Waals surface area (Å²) in [4.78, 5) is 0. The van der Waals surface area contributed by atoms with E-state index in [1.54, 1.807) is 6.07 Å². The second-order valence-corrected chi connectivity index (χ2v) is 4.67. The number of nitrogens with zero attached hydrogens (tertiary/aromatic N) is 2. The molecule has 1 heterocycles. The smallest absolute Gasteiger partial charge is 0.126 e. The van der Waals surface area contributed by atoms with Crippen molar-refractivity contribution >= 4 is 0 Å². The quantitative estimate of drug-likeness (QED) is 0.866. The van der Waals surface area contributed by atoms with Crippen LogP contribution in [0.5, 0.6) is 0 Å². The predicted molar refractivity (Wildman–Crippen MR) is 74.4 cm³/mol. The molecule has 0 bridgehead atoms. The fourth-order valence-corrected chi connectivity index (χ4v) is 2.18. The van der Waals surface area contributed by atoms with Crippen molar-refractivity contribution in [3.63, 3.8) is 0 Å². The topological polar surface area (TPSA) is 29.9 Å². The average molecular weight is 261 g/mol. The normalized spacial score (nSPS) is 12.6. The molecule has 1 N–H and O–H groups in total. The molecule has 1 aromatic carbocycles. The fourth-order valence-electron chi connectivity index (χ4n) is 2.18. The summed E-state index contributed by atoms with van der Waals surface area (Å²) in [5.41, 5.74) is 1.82. The molecule has 2 rings (SSSR count). The molecule has 3 nitrogen and oxygen atoms in total. The van der Waals surface area contributed by atoms with E-state index in [1.807, 2.05) is 36.3 Å². The first kappa shape index (κ1) is 13.7. The molecule has 1 aromatic heterocycles. The summed E-state index contributed by atoms with van der Waals surface area (Å²) < 4.78 is 15.6. The summed E-state index contributed by atoms with van der Waals surface area (Å²) in [6.07, 6.45) is 5.57. The Labute approximate surface area is 113 Å². The zero-order valence-electron chi connectivity index (χ0n) is 11.4. The van der Waals surface area contributed by atoms with Crippen LogP contribution in [-0.2, 0) is 13.0 Å². The third kappa shape index (κ3) is 3.41. The molecule has 0 amide bonds. The summed E-state index contributed by atoms with van der Waals surface area (Å²) in [5, 5.41) is 7.55. The van der Waals surface area contributed by atoms with E-state index in [4.69, 9.17) is 0 Å². The molecule has 0 aliphatic heterocycles. The Bertz CT molecular complexity index is 522. The van der Waals surface area contributed by atoms with Crippen LogP contribution < -0.4 is 5.32 Å². The van der Waals surface area contributed by atoms with Gasteiger partial charge in [-0.25, -0.2) is 4.39 Å². The van der Waals surface area contributed by atoms with Crippen LogP contribution in [0.25, 0.3) is 0 Å². The predicted octanol–water partition coefficient (Wildman–Crippen LogP) is 2.94. The summed E-state index contributed by atoms with van der Waals surface area (Å²) in [6.45, 7) is 3.03. The van der Waals surface area contributed by atoms with E-state index in [-0.39, 0.29) is 11.9 Å². The van der Waals surface area contributed by atoms with Gasteiger partial charge < -0.3 is 5.32 Å². The second-order valence-electron chi connectivity index (χ2n) is 4.67. The number of nitrogens with one attached hydrogen (secondary N) is 1. The van der Waals surface area contributed by atoms with Gasteiger partial charge in [-0.15, -0.1) is 0 Å². The first-order chi connectivity index (χ1) is 9.24. The van der Waals surface area contributed by atoms with Gasteiger partial charge in [0.1, 0.15) is 5.82 Å². The van der Waals surface area contributed by atoms with Crippen LogP contribution in [0.2, 0.25) is 0 Å². The number of halogens is 1. The molecule has 0 aliphatic rings. The van der Waals surface area contributed by atoms with Crippen molar-refractivity contribution in [3.8, 4) is 0 Å². The largest absolute Gasteiger partial charge is 0.313 e. The maximum atomic E-state index is 13.7. The third-order valence-corrected chi connectivity index (χ3v) is 3.24. The number of hydrogen-bond acceptors (Lipinski definition) is 2. The summed E-state index contributed by atoms with van der Waals surface area (Å²) >= 11 is 0. The molecule has 0 saturated carbocycles. The van der Waals surface area contributed by atoms with E-state index in [0.717, 1.165) is 24.1 Å². The minimum absolute atomic E-state index is 0.0857. The van der Waals surface area contributed by atoms with E-state index in [9.17, 15) is 4.39 Å². The fraction of sp³-hybridized carbons (Fsp3) is 0.400. The lowest BCUT2D eigenvalue weighted by atomic mass is 10.0. The molecule has 2 aromatic rings. The molecular formula is C15H20FN3. The first-order valence-electron chi connectivity index (χ1n) is 6.67. The number of aryl methyl sites for hydroxylation is 1. The minimum atomic E-state index is -0.149. The second kappa shape index (κ2) is 6.48. The van der Waals surface area contributed by atoms with Crippen molar-refractivity contribution in [3.05, 3.63) is 53.6 Å². The summed E-state index contributed by atoms with van der Waals surface area (Å²) in [6, 6.07) is 7.00. The summed E-state index contributed by atoms with van der Waals surface area (Å²) in [5.74, 6) is -0.149. The molecule has 0 saturated heterocycles. The molecule has 1 atom stereocenters. The van der Waals surface area contributed by atoms with E-state index in [2.05, 4.69) is 17.3 Å². The summed E-state index contributed by atoms with van der Waals surface area (Å²) in [7, 11) is 1.89. The van der Waals surface area contributed by atoms with Crippen LogP contribution in [-0.4, -0.2) is 16.8 Å². The molecule has 4 heteroatoms. The molecule has 19 heavy (non-hydrogen) atoms. The highest BCUT2D eigenvalue weighted by atomic mass is 19.1. The molecule has 102 valence electrons. The van der Waals surface area contributed by atoms with Crippen LogP contribution in [0.15, 0.2) is 36.7 Å². The highest BCUT2D eigenvalue weighted by molar-refractivity contribution is 5.22. The molecule has 0 spiro atoms. The maximum Gasteiger partial charge on any atom is 0.126 e. The van der Waals surface area contributed by atoms with Gasteiger partial charge in [-0.3, -0.25) is 4.68 Å². The van der Waals surface area contributed by atoms with Crippen LogP contribution in [0.3, 0.4) is 0 Å². The third-order valence-electron chi connectivity index (χ3n) is 3.24. The number of aromatic nitrogens is 2. The van der Waals surface area contributed by atoms with Crippen LogP contribution >= 0.6 is 0 Å². The standard InChI is InChI=1S/C15H20FN3/c1-3-8-19-11-13(10-18-19)15(17-2)9-12-6-4-5-7-14(12)16/h4-7,10-11,15,17H,3,8-9H2,1-2H3. The van der Waals surface area contributed by atoms with Gasteiger partial charge in [0.25, 0.3) is 0 Å². The van der Waals surface area contributed by atoms with Gasteiger partial charge in [0.15, 0.2) is 0 Å². The number of benzene rings is 1. The zero-order valence-corrected chi connectivity index (χ0v) is 11.4. The van der Waals surface area contributed by atoms with Gasteiger partial charge in [-0.1, -0.05) is 25.1 Å². The minimum Gasteiger partial charge on any atom is -0.313 e. The van der Waals surface area contributed by atoms with Gasteiger partial charge in [0, 0.05) is 24.3 Å². The Morgan fingerprint density at radius 1 is 1.37 bits per heavy atom. The van der Waals surface area contributed by atoms with Crippen molar-refractivity contribution in [1.29, 1.82) is 0 Å². The van der Waals surface area contributed by atoms with E-state index in [1.165, 1.54) is 6.07 Å². The number of likely N-dealkylation sites (N-methyl/N-ethyl adjacent to an activating group) is 1.